The molecule has 3 heteroatoms. The third-order valence-electron chi connectivity index (χ3n) is 7.48. The average Bonchev–Trinajstić information content (AvgIpc) is 2.74. The summed E-state index contributed by atoms with van der Waals surface area (Å²) < 4.78 is 39.8. The summed E-state index contributed by atoms with van der Waals surface area (Å²) in [5, 5.41) is 0. The highest BCUT2D eigenvalue weighted by molar-refractivity contribution is 5.19. The summed E-state index contributed by atoms with van der Waals surface area (Å²) in [4.78, 5) is 0. The van der Waals surface area contributed by atoms with Crippen LogP contribution in [0.4, 0.5) is 13.2 Å². The second-order valence-electron chi connectivity index (χ2n) is 9.43. The topological polar surface area (TPSA) is 0 Å². The Hall–Kier alpha value is -1.25. The van der Waals surface area contributed by atoms with Crippen LogP contribution in [0.2, 0.25) is 0 Å². The van der Waals surface area contributed by atoms with Crippen LogP contribution >= 0.6 is 0 Å². The SMILES string of the molecule is CC/C=C/CC[C@H]1CC[C@H]([C@H]2CC[C@H](CCc3cc(F)c(F)c(F)c3)CC2)CC1. The number of benzene rings is 1. The molecule has 0 unspecified atom stereocenters. The summed E-state index contributed by atoms with van der Waals surface area (Å²) in [5.41, 5.74) is 0.579. The Morgan fingerprint density at radius 2 is 1.28 bits per heavy atom. The lowest BCUT2D eigenvalue weighted by molar-refractivity contribution is 0.141. The van der Waals surface area contributed by atoms with E-state index in [1.807, 2.05) is 0 Å². The molecule has 0 bridgehead atoms. The van der Waals surface area contributed by atoms with Gasteiger partial charge in [0.25, 0.3) is 0 Å². The van der Waals surface area contributed by atoms with Crippen molar-refractivity contribution in [1.82, 2.24) is 0 Å². The van der Waals surface area contributed by atoms with E-state index in [0.717, 1.165) is 42.7 Å². The van der Waals surface area contributed by atoms with Gasteiger partial charge < -0.3 is 0 Å². The third kappa shape index (κ3) is 6.62. The predicted octanol–water partition coefficient (Wildman–Crippen LogP) is 8.40. The van der Waals surface area contributed by atoms with Crippen LogP contribution in [0.15, 0.2) is 24.3 Å². The monoisotopic (exact) mass is 406 g/mol. The molecule has 1 aromatic rings. The van der Waals surface area contributed by atoms with Gasteiger partial charge >= 0.3 is 0 Å². The van der Waals surface area contributed by atoms with Crippen molar-refractivity contribution in [2.24, 2.45) is 23.7 Å². The Morgan fingerprint density at radius 1 is 0.759 bits per heavy atom. The smallest absolute Gasteiger partial charge is 0.194 e. The first-order valence-corrected chi connectivity index (χ1v) is 11.8. The van der Waals surface area contributed by atoms with E-state index in [0.29, 0.717) is 17.9 Å². The van der Waals surface area contributed by atoms with E-state index in [-0.39, 0.29) is 0 Å². The Labute approximate surface area is 175 Å². The molecular formula is C26H37F3. The van der Waals surface area contributed by atoms with Crippen LogP contribution < -0.4 is 0 Å². The number of allylic oxidation sites excluding steroid dienone is 2. The fourth-order valence-electron chi connectivity index (χ4n) is 5.64. The van der Waals surface area contributed by atoms with Crippen LogP contribution in [0.3, 0.4) is 0 Å². The predicted molar refractivity (Wildman–Crippen MR) is 114 cm³/mol. The Balaban J connectivity index is 1.35. The van der Waals surface area contributed by atoms with Crippen LogP contribution in [0, 0.1) is 41.1 Å². The standard InChI is InChI=1S/C26H37F3/c1-2-3-4-5-6-19-9-13-22(14-10-19)23-15-11-20(12-16-23)7-8-21-17-24(27)26(29)25(28)18-21/h3-4,17-20,22-23H,2,5-16H2,1H3/b4-3+/t19-,20-,22-,23-. The minimum absolute atomic E-state index is 0.579. The molecule has 2 aliphatic carbocycles. The molecule has 0 nitrogen and oxygen atoms in total. The molecule has 29 heavy (non-hydrogen) atoms. The van der Waals surface area contributed by atoms with E-state index < -0.39 is 17.5 Å². The van der Waals surface area contributed by atoms with E-state index in [1.165, 1.54) is 64.2 Å². The lowest BCUT2D eigenvalue weighted by Crippen LogP contribution is -2.26. The molecule has 0 radical (unpaired) electrons. The summed E-state index contributed by atoms with van der Waals surface area (Å²) in [7, 11) is 0. The lowest BCUT2D eigenvalue weighted by atomic mass is 9.68. The first-order valence-electron chi connectivity index (χ1n) is 11.8. The van der Waals surface area contributed by atoms with Gasteiger partial charge in [-0.05, 0) is 99.2 Å². The first-order chi connectivity index (χ1) is 14.1. The van der Waals surface area contributed by atoms with Gasteiger partial charge in [0.05, 0.1) is 0 Å². The lowest BCUT2D eigenvalue weighted by Gasteiger charge is -2.38. The molecule has 2 saturated carbocycles. The molecular weight excluding hydrogens is 369 g/mol. The molecule has 2 fully saturated rings. The second-order valence-corrected chi connectivity index (χ2v) is 9.43. The van der Waals surface area contributed by atoms with Gasteiger partial charge in [-0.15, -0.1) is 0 Å². The van der Waals surface area contributed by atoms with Crippen molar-refractivity contribution in [2.45, 2.75) is 90.4 Å². The highest BCUT2D eigenvalue weighted by Crippen LogP contribution is 2.43. The average molecular weight is 407 g/mol. The molecule has 1 aromatic carbocycles. The largest absolute Gasteiger partial charge is 0.204 e. The summed E-state index contributed by atoms with van der Waals surface area (Å²) in [6.07, 6.45) is 20.7. The van der Waals surface area contributed by atoms with Crippen LogP contribution in [0.5, 0.6) is 0 Å². The summed E-state index contributed by atoms with van der Waals surface area (Å²) in [5.74, 6) is -0.126. The maximum atomic E-state index is 13.4. The van der Waals surface area contributed by atoms with Gasteiger partial charge in [0.2, 0.25) is 0 Å². The summed E-state index contributed by atoms with van der Waals surface area (Å²) >= 11 is 0. The summed E-state index contributed by atoms with van der Waals surface area (Å²) in [6, 6.07) is 2.31. The van der Waals surface area contributed by atoms with Crippen molar-refractivity contribution in [3.8, 4) is 0 Å². The molecule has 0 N–H and O–H groups in total. The Morgan fingerprint density at radius 3 is 1.79 bits per heavy atom. The van der Waals surface area contributed by atoms with Crippen LogP contribution in [-0.2, 0) is 6.42 Å². The molecule has 2 aliphatic rings. The zero-order valence-corrected chi connectivity index (χ0v) is 17.9. The fraction of sp³-hybridized carbons (Fsp3) is 0.692. The minimum atomic E-state index is -1.36. The van der Waals surface area contributed by atoms with Gasteiger partial charge in [-0.2, -0.15) is 0 Å². The van der Waals surface area contributed by atoms with Crippen LogP contribution in [0.1, 0.15) is 89.5 Å². The van der Waals surface area contributed by atoms with E-state index in [9.17, 15) is 13.2 Å². The second kappa shape index (κ2) is 11.2. The van der Waals surface area contributed by atoms with Crippen molar-refractivity contribution in [3.63, 3.8) is 0 Å². The molecule has 0 spiro atoms. The number of hydrogen-bond donors (Lipinski definition) is 0. The molecule has 0 aliphatic heterocycles. The fourth-order valence-corrected chi connectivity index (χ4v) is 5.64. The van der Waals surface area contributed by atoms with Gasteiger partial charge in [-0.25, -0.2) is 13.2 Å². The number of aryl methyl sites for hydroxylation is 1. The van der Waals surface area contributed by atoms with Crippen molar-refractivity contribution in [2.75, 3.05) is 0 Å². The highest BCUT2D eigenvalue weighted by atomic mass is 19.2. The molecule has 0 saturated heterocycles. The van der Waals surface area contributed by atoms with Crippen LogP contribution in [0.25, 0.3) is 0 Å². The number of rotatable bonds is 8. The minimum Gasteiger partial charge on any atom is -0.204 e. The van der Waals surface area contributed by atoms with Crippen molar-refractivity contribution in [3.05, 3.63) is 47.3 Å². The Kier molecular flexibility index (Phi) is 8.68. The van der Waals surface area contributed by atoms with E-state index >= 15 is 0 Å². The van der Waals surface area contributed by atoms with E-state index in [2.05, 4.69) is 19.1 Å². The third-order valence-corrected chi connectivity index (χ3v) is 7.48. The van der Waals surface area contributed by atoms with Gasteiger partial charge in [0.1, 0.15) is 0 Å². The molecule has 0 amide bonds. The van der Waals surface area contributed by atoms with Crippen LogP contribution in [-0.4, -0.2) is 0 Å². The molecule has 0 heterocycles. The van der Waals surface area contributed by atoms with Gasteiger partial charge in [0, 0.05) is 0 Å². The molecule has 162 valence electrons. The van der Waals surface area contributed by atoms with Gasteiger partial charge in [-0.1, -0.05) is 44.8 Å². The van der Waals surface area contributed by atoms with Gasteiger partial charge in [-0.3, -0.25) is 0 Å². The number of halogens is 3. The van der Waals surface area contributed by atoms with Crippen molar-refractivity contribution >= 4 is 0 Å². The maximum Gasteiger partial charge on any atom is 0.194 e. The van der Waals surface area contributed by atoms with E-state index in [4.69, 9.17) is 0 Å². The number of hydrogen-bond acceptors (Lipinski definition) is 0. The molecule has 0 atom stereocenters. The van der Waals surface area contributed by atoms with Gasteiger partial charge in [0.15, 0.2) is 17.5 Å². The first kappa shape index (κ1) is 22.4. The normalized spacial score (nSPS) is 28.1. The molecule has 3 rings (SSSR count). The quantitative estimate of drug-likeness (QED) is 0.300. The highest BCUT2D eigenvalue weighted by Gasteiger charge is 2.30. The summed E-state index contributed by atoms with van der Waals surface area (Å²) in [6.45, 7) is 2.19. The zero-order valence-electron chi connectivity index (χ0n) is 17.9. The van der Waals surface area contributed by atoms with Crippen molar-refractivity contribution < 1.29 is 13.2 Å². The molecule has 0 aromatic heterocycles. The zero-order chi connectivity index (χ0) is 20.6. The van der Waals surface area contributed by atoms with E-state index in [1.54, 1.807) is 0 Å². The van der Waals surface area contributed by atoms with Crippen molar-refractivity contribution in [1.29, 1.82) is 0 Å². The maximum absolute atomic E-state index is 13.4. The Bertz CT molecular complexity index is 627.